The SMILES string of the molecule is COc1cc(NC(=O)Nc2cc(-c3ccccc3)nn2-c2nc(C)cc(=O)[nH]2)cc(OC)c1OC. The molecule has 11 nitrogen and oxygen atoms in total. The van der Waals surface area contributed by atoms with Crippen LogP contribution in [0.2, 0.25) is 0 Å². The van der Waals surface area contributed by atoms with E-state index in [9.17, 15) is 9.59 Å². The summed E-state index contributed by atoms with van der Waals surface area (Å²) in [7, 11) is 4.47. The second-order valence-corrected chi connectivity index (χ2v) is 7.40. The average molecular weight is 476 g/mol. The molecule has 0 radical (unpaired) electrons. The van der Waals surface area contributed by atoms with Crippen molar-refractivity contribution in [3.63, 3.8) is 0 Å². The van der Waals surface area contributed by atoms with Gasteiger partial charge in [0.05, 0.1) is 32.7 Å². The third-order valence-corrected chi connectivity index (χ3v) is 5.00. The Bertz CT molecular complexity index is 1390. The van der Waals surface area contributed by atoms with Crippen molar-refractivity contribution in [2.75, 3.05) is 32.0 Å². The Morgan fingerprint density at radius 3 is 2.23 bits per heavy atom. The molecule has 4 rings (SSSR count). The van der Waals surface area contributed by atoms with Gasteiger partial charge < -0.3 is 19.5 Å². The van der Waals surface area contributed by atoms with Gasteiger partial charge in [0.15, 0.2) is 11.5 Å². The van der Waals surface area contributed by atoms with E-state index in [1.807, 2.05) is 30.3 Å². The molecule has 2 aromatic heterocycles. The van der Waals surface area contributed by atoms with E-state index in [4.69, 9.17) is 14.2 Å². The van der Waals surface area contributed by atoms with Gasteiger partial charge in [0.2, 0.25) is 11.7 Å². The van der Waals surface area contributed by atoms with Crippen LogP contribution >= 0.6 is 0 Å². The fourth-order valence-corrected chi connectivity index (χ4v) is 3.48. The summed E-state index contributed by atoms with van der Waals surface area (Å²) in [5, 5.41) is 10.1. The van der Waals surface area contributed by atoms with E-state index >= 15 is 0 Å². The zero-order valence-electron chi connectivity index (χ0n) is 19.6. The molecule has 0 saturated carbocycles. The number of hydrogen-bond acceptors (Lipinski definition) is 7. The van der Waals surface area contributed by atoms with E-state index in [-0.39, 0.29) is 11.5 Å². The minimum absolute atomic E-state index is 0.167. The topological polar surface area (TPSA) is 132 Å². The molecule has 2 aromatic carbocycles. The van der Waals surface area contributed by atoms with Gasteiger partial charge >= 0.3 is 6.03 Å². The standard InChI is InChI=1S/C24H24N6O5/c1-14-10-21(31)28-23(25-14)30-20(13-17(29-30)15-8-6-5-7-9-15)27-24(32)26-16-11-18(33-2)22(35-4)19(12-16)34-3/h5-13H,1-4H3,(H,25,28,31)(H2,26,27,32). The highest BCUT2D eigenvalue weighted by molar-refractivity contribution is 6.00. The van der Waals surface area contributed by atoms with Crippen LogP contribution in [0.1, 0.15) is 5.69 Å². The lowest BCUT2D eigenvalue weighted by Gasteiger charge is -2.15. The highest BCUT2D eigenvalue weighted by atomic mass is 16.5. The van der Waals surface area contributed by atoms with E-state index in [2.05, 4.69) is 25.7 Å². The maximum atomic E-state index is 12.9. The van der Waals surface area contributed by atoms with Crippen molar-refractivity contribution in [3.8, 4) is 34.5 Å². The van der Waals surface area contributed by atoms with Crippen molar-refractivity contribution in [2.24, 2.45) is 0 Å². The highest BCUT2D eigenvalue weighted by Crippen LogP contribution is 2.40. The fraction of sp³-hybridized carbons (Fsp3) is 0.167. The summed E-state index contributed by atoms with van der Waals surface area (Å²) in [6.07, 6.45) is 0. The van der Waals surface area contributed by atoms with Gasteiger partial charge in [0, 0.05) is 35.5 Å². The third kappa shape index (κ3) is 5.08. The quantitative estimate of drug-likeness (QED) is 0.371. The lowest BCUT2D eigenvalue weighted by molar-refractivity contribution is 0.262. The number of aromatic amines is 1. The maximum Gasteiger partial charge on any atom is 0.324 e. The van der Waals surface area contributed by atoms with Gasteiger partial charge in [-0.2, -0.15) is 9.78 Å². The molecule has 2 amide bonds. The molecule has 0 atom stereocenters. The number of nitrogens with one attached hydrogen (secondary N) is 3. The summed E-state index contributed by atoms with van der Waals surface area (Å²) in [5.74, 6) is 1.64. The molecule has 11 heteroatoms. The molecule has 3 N–H and O–H groups in total. The summed E-state index contributed by atoms with van der Waals surface area (Å²) >= 11 is 0. The molecule has 0 aliphatic heterocycles. The number of carbonyl (C=O) groups excluding carboxylic acids is 1. The second-order valence-electron chi connectivity index (χ2n) is 7.40. The van der Waals surface area contributed by atoms with E-state index in [1.165, 1.54) is 32.1 Å². The Hall–Kier alpha value is -4.80. The van der Waals surface area contributed by atoms with Crippen LogP contribution in [-0.2, 0) is 0 Å². The van der Waals surface area contributed by atoms with Crippen molar-refractivity contribution >= 4 is 17.5 Å². The number of H-pyrrole nitrogens is 1. The van der Waals surface area contributed by atoms with Gasteiger partial charge in [-0.05, 0) is 6.92 Å². The predicted molar refractivity (Wildman–Crippen MR) is 131 cm³/mol. The number of anilines is 2. The van der Waals surface area contributed by atoms with E-state index < -0.39 is 6.03 Å². The molecule has 2 heterocycles. The monoisotopic (exact) mass is 476 g/mol. The summed E-state index contributed by atoms with van der Waals surface area (Å²) in [6.45, 7) is 1.70. The predicted octanol–water partition coefficient (Wildman–Crippen LogP) is 3.60. The number of hydrogen-bond donors (Lipinski definition) is 3. The van der Waals surface area contributed by atoms with Crippen molar-refractivity contribution in [1.29, 1.82) is 0 Å². The Morgan fingerprint density at radius 2 is 1.63 bits per heavy atom. The molecular formula is C24H24N6O5. The van der Waals surface area contributed by atoms with E-state index in [0.29, 0.717) is 40.1 Å². The summed E-state index contributed by atoms with van der Waals surface area (Å²) in [6, 6.07) is 15.1. The molecule has 180 valence electrons. The normalized spacial score (nSPS) is 10.5. The zero-order chi connectivity index (χ0) is 24.9. The smallest absolute Gasteiger partial charge is 0.324 e. The lowest BCUT2D eigenvalue weighted by atomic mass is 10.2. The van der Waals surface area contributed by atoms with Crippen LogP contribution in [0.5, 0.6) is 17.2 Å². The van der Waals surface area contributed by atoms with Gasteiger partial charge in [-0.3, -0.25) is 15.1 Å². The first-order chi connectivity index (χ1) is 16.9. The van der Waals surface area contributed by atoms with Gasteiger partial charge in [0.25, 0.3) is 5.56 Å². The first-order valence-electron chi connectivity index (χ1n) is 10.5. The fourth-order valence-electron chi connectivity index (χ4n) is 3.48. The van der Waals surface area contributed by atoms with Gasteiger partial charge in [-0.25, -0.2) is 9.78 Å². The number of aromatic nitrogens is 4. The van der Waals surface area contributed by atoms with Crippen molar-refractivity contribution in [1.82, 2.24) is 19.7 Å². The molecule has 4 aromatic rings. The van der Waals surface area contributed by atoms with Crippen LogP contribution in [-0.4, -0.2) is 47.1 Å². The van der Waals surface area contributed by atoms with Crippen molar-refractivity contribution in [2.45, 2.75) is 6.92 Å². The minimum Gasteiger partial charge on any atom is -0.493 e. The summed E-state index contributed by atoms with van der Waals surface area (Å²) in [5.41, 5.74) is 1.99. The second kappa shape index (κ2) is 10.00. The first kappa shape index (κ1) is 23.4. The number of methoxy groups -OCH3 is 3. The average Bonchev–Trinajstić information content (AvgIpc) is 3.26. The zero-order valence-corrected chi connectivity index (χ0v) is 19.6. The van der Waals surface area contributed by atoms with Crippen molar-refractivity contribution < 1.29 is 19.0 Å². The minimum atomic E-state index is -0.560. The molecule has 0 bridgehead atoms. The molecule has 0 saturated heterocycles. The number of urea groups is 1. The van der Waals surface area contributed by atoms with E-state index in [0.717, 1.165) is 5.56 Å². The Kier molecular flexibility index (Phi) is 6.67. The number of carbonyl (C=O) groups is 1. The summed E-state index contributed by atoms with van der Waals surface area (Å²) in [4.78, 5) is 32.0. The Balaban J connectivity index is 1.68. The number of benzene rings is 2. The highest BCUT2D eigenvalue weighted by Gasteiger charge is 2.18. The molecule has 0 spiro atoms. The van der Waals surface area contributed by atoms with Crippen LogP contribution in [0, 0.1) is 6.92 Å². The molecule has 0 fully saturated rings. The van der Waals surface area contributed by atoms with Gasteiger partial charge in [0.1, 0.15) is 5.82 Å². The van der Waals surface area contributed by atoms with E-state index in [1.54, 1.807) is 25.1 Å². The van der Waals surface area contributed by atoms with Crippen LogP contribution in [0.4, 0.5) is 16.3 Å². The Labute approximate surface area is 200 Å². The molecule has 0 aliphatic carbocycles. The molecule has 0 aliphatic rings. The van der Waals surface area contributed by atoms with Crippen LogP contribution in [0.15, 0.2) is 59.4 Å². The van der Waals surface area contributed by atoms with Crippen LogP contribution in [0.25, 0.3) is 17.2 Å². The lowest BCUT2D eigenvalue weighted by Crippen LogP contribution is -2.22. The van der Waals surface area contributed by atoms with Gasteiger partial charge in [-0.1, -0.05) is 30.3 Å². The number of aryl methyl sites for hydroxylation is 1. The largest absolute Gasteiger partial charge is 0.493 e. The third-order valence-electron chi connectivity index (χ3n) is 5.00. The number of nitrogens with zero attached hydrogens (tertiary/aromatic N) is 3. The first-order valence-corrected chi connectivity index (χ1v) is 10.5. The molecular weight excluding hydrogens is 452 g/mol. The molecule has 0 unspecified atom stereocenters. The van der Waals surface area contributed by atoms with Crippen LogP contribution in [0.3, 0.4) is 0 Å². The van der Waals surface area contributed by atoms with Crippen LogP contribution < -0.4 is 30.4 Å². The van der Waals surface area contributed by atoms with Gasteiger partial charge in [-0.15, -0.1) is 0 Å². The number of ether oxygens (including phenoxy) is 3. The maximum absolute atomic E-state index is 12.9. The number of amides is 2. The Morgan fingerprint density at radius 1 is 0.943 bits per heavy atom. The van der Waals surface area contributed by atoms with Crippen molar-refractivity contribution in [3.05, 3.63) is 70.6 Å². The number of rotatable bonds is 7. The molecule has 35 heavy (non-hydrogen) atoms. The summed E-state index contributed by atoms with van der Waals surface area (Å²) < 4.78 is 17.4.